The number of carbonyl (C=O) groups is 1. The zero-order valence-corrected chi connectivity index (χ0v) is 23.0. The van der Waals surface area contributed by atoms with Gasteiger partial charge in [-0.1, -0.05) is 42.5 Å². The van der Waals surface area contributed by atoms with Gasteiger partial charge in [-0.15, -0.1) is 11.3 Å². The Morgan fingerprint density at radius 1 is 0.919 bits per heavy atom. The number of hydrogen-bond acceptors (Lipinski definition) is 6. The van der Waals surface area contributed by atoms with E-state index in [0.717, 1.165) is 62.8 Å². The van der Waals surface area contributed by atoms with E-state index >= 15 is 0 Å². The Morgan fingerprint density at radius 2 is 1.68 bits per heavy atom. The molecule has 3 aromatic carbocycles. The predicted octanol–water partition coefficient (Wildman–Crippen LogP) is 6.44. The number of benzene rings is 3. The van der Waals surface area contributed by atoms with Gasteiger partial charge in [0.25, 0.3) is 0 Å². The zero-order chi connectivity index (χ0) is 25.9. The van der Waals surface area contributed by atoms with Gasteiger partial charge in [0.1, 0.15) is 17.4 Å². The number of nitrogens with zero attached hydrogens (tertiary/aromatic N) is 3. The molecule has 0 aliphatic carbocycles. The van der Waals surface area contributed by atoms with E-state index in [1.54, 1.807) is 11.3 Å². The van der Waals surface area contributed by atoms with Crippen molar-refractivity contribution in [3.8, 4) is 5.75 Å². The molecule has 5 rings (SSSR count). The third-order valence-electron chi connectivity index (χ3n) is 6.95. The lowest BCUT2D eigenvalue weighted by atomic mass is 9.98. The largest absolute Gasteiger partial charge is 0.489 e. The first kappa shape index (κ1) is 25.3. The number of likely N-dealkylation sites (tertiary alicyclic amines) is 1. The average Bonchev–Trinajstić information content (AvgIpc) is 3.55. The van der Waals surface area contributed by atoms with Gasteiger partial charge >= 0.3 is 0 Å². The summed E-state index contributed by atoms with van der Waals surface area (Å²) in [6.07, 6.45) is 2.54. The van der Waals surface area contributed by atoms with Gasteiger partial charge in [0.05, 0.1) is 5.56 Å². The van der Waals surface area contributed by atoms with Crippen LogP contribution in [0.1, 0.15) is 39.9 Å². The Morgan fingerprint density at radius 3 is 2.38 bits per heavy atom. The lowest BCUT2D eigenvalue weighted by Crippen LogP contribution is -2.21. The van der Waals surface area contributed by atoms with E-state index in [9.17, 15) is 4.79 Å². The number of ketones is 1. The van der Waals surface area contributed by atoms with Crippen molar-refractivity contribution >= 4 is 37.9 Å². The molecule has 192 valence electrons. The minimum atomic E-state index is 0.0590. The molecule has 0 spiro atoms. The second-order valence-electron chi connectivity index (χ2n) is 10.2. The Labute approximate surface area is 223 Å². The van der Waals surface area contributed by atoms with Gasteiger partial charge < -0.3 is 14.5 Å². The van der Waals surface area contributed by atoms with Crippen LogP contribution in [0.15, 0.2) is 66.7 Å². The molecule has 1 fully saturated rings. The third-order valence-corrected chi connectivity index (χ3v) is 8.27. The molecule has 0 bridgehead atoms. The van der Waals surface area contributed by atoms with Crippen molar-refractivity contribution in [2.45, 2.75) is 26.0 Å². The highest BCUT2D eigenvalue weighted by molar-refractivity contribution is 7.23. The molecule has 1 saturated heterocycles. The van der Waals surface area contributed by atoms with Gasteiger partial charge in [0, 0.05) is 56.1 Å². The minimum absolute atomic E-state index is 0.0590. The highest BCUT2D eigenvalue weighted by Crippen LogP contribution is 2.41. The van der Waals surface area contributed by atoms with E-state index in [4.69, 9.17) is 4.74 Å². The number of anilines is 2. The SMILES string of the molecule is CN(C)c1cc(C(=O)c2c(N(C)C)sc3cc(OCc4ccccc4)ccc23)ccc1CN1CCCC1. The summed E-state index contributed by atoms with van der Waals surface area (Å²) >= 11 is 1.63. The molecule has 6 heteroatoms. The van der Waals surface area contributed by atoms with Crippen molar-refractivity contribution in [2.24, 2.45) is 0 Å². The minimum Gasteiger partial charge on any atom is -0.489 e. The molecular formula is C31H35N3O2S. The standard InChI is InChI=1S/C31H35N3O2S/c1-32(2)27-18-23(12-13-24(27)20-34-16-8-9-17-34)30(35)29-26-15-14-25(19-28(26)37-31(29)33(3)4)36-21-22-10-6-5-7-11-22/h5-7,10-15,18-19H,8-9,16-17,20-21H2,1-4H3. The van der Waals surface area contributed by atoms with Crippen LogP contribution in [0.25, 0.3) is 10.1 Å². The van der Waals surface area contributed by atoms with Gasteiger partial charge in [-0.2, -0.15) is 0 Å². The molecule has 5 nitrogen and oxygen atoms in total. The van der Waals surface area contributed by atoms with Crippen LogP contribution in [0.4, 0.5) is 10.7 Å². The van der Waals surface area contributed by atoms with E-state index in [2.05, 4.69) is 54.2 Å². The Kier molecular flexibility index (Phi) is 7.49. The summed E-state index contributed by atoms with van der Waals surface area (Å²) in [6, 6.07) is 22.4. The third kappa shape index (κ3) is 5.50. The molecule has 4 aromatic rings. The maximum atomic E-state index is 14.0. The normalized spacial score (nSPS) is 13.7. The lowest BCUT2D eigenvalue weighted by Gasteiger charge is -2.22. The zero-order valence-electron chi connectivity index (χ0n) is 22.2. The molecular weight excluding hydrogens is 478 g/mol. The van der Waals surface area contributed by atoms with Crippen molar-refractivity contribution < 1.29 is 9.53 Å². The van der Waals surface area contributed by atoms with Crippen LogP contribution >= 0.6 is 11.3 Å². The van der Waals surface area contributed by atoms with Gasteiger partial charge in [0.15, 0.2) is 5.78 Å². The lowest BCUT2D eigenvalue weighted by molar-refractivity contribution is 0.104. The van der Waals surface area contributed by atoms with Crippen molar-refractivity contribution in [1.82, 2.24) is 4.90 Å². The number of ether oxygens (including phenoxy) is 1. The van der Waals surface area contributed by atoms with E-state index in [0.29, 0.717) is 6.61 Å². The first-order valence-corrected chi connectivity index (χ1v) is 13.7. The Bertz CT molecular complexity index is 1390. The smallest absolute Gasteiger partial charge is 0.196 e. The summed E-state index contributed by atoms with van der Waals surface area (Å²) in [6.45, 7) is 3.74. The second-order valence-corrected chi connectivity index (χ2v) is 11.2. The van der Waals surface area contributed by atoms with Crippen molar-refractivity contribution in [1.29, 1.82) is 0 Å². The van der Waals surface area contributed by atoms with Crippen molar-refractivity contribution in [2.75, 3.05) is 51.1 Å². The van der Waals surface area contributed by atoms with Crippen LogP contribution < -0.4 is 14.5 Å². The first-order valence-electron chi connectivity index (χ1n) is 12.9. The fraction of sp³-hybridized carbons (Fsp3) is 0.323. The monoisotopic (exact) mass is 513 g/mol. The molecule has 1 aromatic heterocycles. The first-order chi connectivity index (χ1) is 17.9. The van der Waals surface area contributed by atoms with E-state index in [1.807, 2.05) is 55.4 Å². The predicted molar refractivity (Wildman–Crippen MR) is 156 cm³/mol. The highest BCUT2D eigenvalue weighted by atomic mass is 32.1. The fourth-order valence-electron chi connectivity index (χ4n) is 5.01. The number of rotatable bonds is 9. The average molecular weight is 514 g/mol. The maximum Gasteiger partial charge on any atom is 0.196 e. The van der Waals surface area contributed by atoms with Crippen molar-refractivity contribution in [3.05, 3.63) is 89.0 Å². The molecule has 0 N–H and O–H groups in total. The summed E-state index contributed by atoms with van der Waals surface area (Å²) in [5.41, 5.74) is 4.99. The number of fused-ring (bicyclic) bond motifs is 1. The van der Waals surface area contributed by atoms with Gasteiger partial charge in [-0.3, -0.25) is 9.69 Å². The Hall–Kier alpha value is -3.35. The van der Waals surface area contributed by atoms with Crippen LogP contribution in [0.2, 0.25) is 0 Å². The molecule has 0 saturated carbocycles. The number of carbonyl (C=O) groups excluding carboxylic acids is 1. The summed E-state index contributed by atoms with van der Waals surface area (Å²) in [5, 5.41) is 1.94. The fourth-order valence-corrected chi connectivity index (χ4v) is 6.16. The molecule has 0 unspecified atom stereocenters. The van der Waals surface area contributed by atoms with E-state index in [1.165, 1.54) is 18.4 Å². The molecule has 1 aliphatic rings. The van der Waals surface area contributed by atoms with Gasteiger partial charge in [-0.05, 0) is 61.3 Å². The van der Waals surface area contributed by atoms with Crippen LogP contribution in [0, 0.1) is 0 Å². The van der Waals surface area contributed by atoms with Crippen LogP contribution in [0.5, 0.6) is 5.75 Å². The molecule has 0 amide bonds. The topological polar surface area (TPSA) is 36.0 Å². The number of hydrogen-bond donors (Lipinski definition) is 0. The van der Waals surface area contributed by atoms with Crippen molar-refractivity contribution in [3.63, 3.8) is 0 Å². The highest BCUT2D eigenvalue weighted by Gasteiger charge is 2.24. The van der Waals surface area contributed by atoms with E-state index in [-0.39, 0.29) is 5.78 Å². The Balaban J connectivity index is 1.46. The quantitative estimate of drug-likeness (QED) is 0.241. The number of thiophene rings is 1. The molecule has 37 heavy (non-hydrogen) atoms. The summed E-state index contributed by atoms with van der Waals surface area (Å²) in [7, 11) is 8.11. The molecule has 2 heterocycles. The van der Waals surface area contributed by atoms with Crippen LogP contribution in [-0.2, 0) is 13.2 Å². The summed E-state index contributed by atoms with van der Waals surface area (Å²) in [5.74, 6) is 0.867. The summed E-state index contributed by atoms with van der Waals surface area (Å²) < 4.78 is 7.12. The van der Waals surface area contributed by atoms with Gasteiger partial charge in [0.2, 0.25) is 0 Å². The van der Waals surface area contributed by atoms with E-state index < -0.39 is 0 Å². The van der Waals surface area contributed by atoms with Crippen LogP contribution in [-0.4, -0.2) is 52.0 Å². The molecule has 0 radical (unpaired) electrons. The van der Waals surface area contributed by atoms with Crippen LogP contribution in [0.3, 0.4) is 0 Å². The second kappa shape index (κ2) is 11.0. The molecule has 0 atom stereocenters. The maximum absolute atomic E-state index is 14.0. The van der Waals surface area contributed by atoms with Gasteiger partial charge in [-0.25, -0.2) is 0 Å². The summed E-state index contributed by atoms with van der Waals surface area (Å²) in [4.78, 5) is 20.7. The molecule has 1 aliphatic heterocycles.